The van der Waals surface area contributed by atoms with E-state index < -0.39 is 16.1 Å². The first-order valence-corrected chi connectivity index (χ1v) is 12.0. The van der Waals surface area contributed by atoms with Crippen molar-refractivity contribution >= 4 is 21.6 Å². The number of rotatable bonds is 6. The van der Waals surface area contributed by atoms with E-state index in [0.29, 0.717) is 17.2 Å². The smallest absolute Gasteiger partial charge is 0.244 e. The number of anilines is 1. The number of nitrogens with zero attached hydrogens (tertiary/aromatic N) is 1. The molecule has 0 saturated heterocycles. The molecule has 0 aromatic heterocycles. The van der Waals surface area contributed by atoms with Crippen LogP contribution >= 0.6 is 0 Å². The zero-order chi connectivity index (χ0) is 23.6. The molecule has 1 aliphatic heterocycles. The van der Waals surface area contributed by atoms with Gasteiger partial charge in [0.25, 0.3) is 0 Å². The van der Waals surface area contributed by atoms with E-state index in [1.807, 2.05) is 49.4 Å². The quantitative estimate of drug-likeness (QED) is 0.598. The van der Waals surface area contributed by atoms with Gasteiger partial charge in [-0.25, -0.2) is 8.42 Å². The Labute approximate surface area is 194 Å². The molecule has 1 aliphatic rings. The molecule has 1 amide bonds. The fourth-order valence-corrected chi connectivity index (χ4v) is 5.60. The van der Waals surface area contributed by atoms with Gasteiger partial charge in [0.05, 0.1) is 19.1 Å². The van der Waals surface area contributed by atoms with Crippen molar-refractivity contribution in [3.05, 3.63) is 83.4 Å². The Hall–Kier alpha value is -3.36. The van der Waals surface area contributed by atoms with Crippen molar-refractivity contribution in [2.24, 2.45) is 0 Å². The van der Waals surface area contributed by atoms with Crippen LogP contribution in [0.2, 0.25) is 0 Å². The Morgan fingerprint density at radius 3 is 2.30 bits per heavy atom. The maximum Gasteiger partial charge on any atom is 0.244 e. The molecule has 33 heavy (non-hydrogen) atoms. The van der Waals surface area contributed by atoms with Crippen molar-refractivity contribution in [2.45, 2.75) is 30.8 Å². The fourth-order valence-electron chi connectivity index (χ4n) is 4.02. The molecule has 1 unspecified atom stereocenters. The van der Waals surface area contributed by atoms with Crippen LogP contribution in [0.3, 0.4) is 0 Å². The second-order valence-corrected chi connectivity index (χ2v) is 9.75. The lowest BCUT2D eigenvalue weighted by Crippen LogP contribution is -2.50. The number of carbonyl (C=O) groups is 1. The van der Waals surface area contributed by atoms with Crippen molar-refractivity contribution in [3.8, 4) is 11.5 Å². The number of aryl methyl sites for hydroxylation is 1. The monoisotopic (exact) mass is 466 g/mol. The Morgan fingerprint density at radius 2 is 1.61 bits per heavy atom. The van der Waals surface area contributed by atoms with E-state index in [4.69, 9.17) is 9.47 Å². The second-order valence-electron chi connectivity index (χ2n) is 7.86. The number of para-hydroxylation sites is 1. The van der Waals surface area contributed by atoms with E-state index in [1.54, 1.807) is 12.1 Å². The molecule has 3 aromatic rings. The summed E-state index contributed by atoms with van der Waals surface area (Å²) >= 11 is 0. The van der Waals surface area contributed by atoms with Crippen LogP contribution in [-0.2, 0) is 27.8 Å². The van der Waals surface area contributed by atoms with Crippen molar-refractivity contribution in [1.29, 1.82) is 0 Å². The van der Waals surface area contributed by atoms with Gasteiger partial charge in [0.1, 0.15) is 6.04 Å². The first-order valence-electron chi connectivity index (χ1n) is 10.5. The molecule has 0 bridgehead atoms. The highest BCUT2D eigenvalue weighted by Gasteiger charge is 2.40. The third kappa shape index (κ3) is 4.44. The molecule has 8 heteroatoms. The number of fused-ring (bicyclic) bond motifs is 1. The topological polar surface area (TPSA) is 84.9 Å². The molecule has 1 atom stereocenters. The van der Waals surface area contributed by atoms with Gasteiger partial charge in [-0.15, -0.1) is 0 Å². The highest BCUT2D eigenvalue weighted by atomic mass is 32.2. The average Bonchev–Trinajstić information content (AvgIpc) is 2.84. The third-order valence-electron chi connectivity index (χ3n) is 5.87. The van der Waals surface area contributed by atoms with Crippen LogP contribution in [0, 0.1) is 6.92 Å². The van der Waals surface area contributed by atoms with Crippen molar-refractivity contribution < 1.29 is 22.7 Å². The number of hydrogen-bond acceptors (Lipinski definition) is 5. The number of amides is 1. The molecular formula is C25H26N2O5S. The molecule has 0 spiro atoms. The van der Waals surface area contributed by atoms with Gasteiger partial charge in [0, 0.05) is 18.3 Å². The molecule has 0 saturated carbocycles. The summed E-state index contributed by atoms with van der Waals surface area (Å²) in [4.78, 5) is 13.4. The van der Waals surface area contributed by atoms with Crippen LogP contribution in [0.1, 0.15) is 16.7 Å². The van der Waals surface area contributed by atoms with Crippen LogP contribution in [0.4, 0.5) is 5.69 Å². The van der Waals surface area contributed by atoms with Gasteiger partial charge in [-0.1, -0.05) is 42.5 Å². The minimum atomic E-state index is -4.02. The summed E-state index contributed by atoms with van der Waals surface area (Å²) in [6, 6.07) is 18.5. The summed E-state index contributed by atoms with van der Waals surface area (Å²) in [5, 5.41) is 2.92. The SMILES string of the molecule is COc1ccc(S(=O)(=O)N2Cc3ccccc3CC2C(=O)Nc2ccccc2C)cc1OC. The van der Waals surface area contributed by atoms with Gasteiger partial charge in [-0.05, 0) is 48.2 Å². The molecule has 0 radical (unpaired) electrons. The van der Waals surface area contributed by atoms with Gasteiger partial charge in [0.2, 0.25) is 15.9 Å². The molecule has 4 rings (SSSR count). The van der Waals surface area contributed by atoms with Crippen LogP contribution in [0.15, 0.2) is 71.6 Å². The number of ether oxygens (including phenoxy) is 2. The van der Waals surface area contributed by atoms with Crippen molar-refractivity contribution in [3.63, 3.8) is 0 Å². The number of nitrogens with one attached hydrogen (secondary N) is 1. The molecule has 172 valence electrons. The van der Waals surface area contributed by atoms with Gasteiger partial charge in [-0.2, -0.15) is 4.31 Å². The molecule has 3 aromatic carbocycles. The predicted octanol–water partition coefficient (Wildman–Crippen LogP) is 3.77. The number of carbonyl (C=O) groups excluding carboxylic acids is 1. The number of methoxy groups -OCH3 is 2. The van der Waals surface area contributed by atoms with Crippen molar-refractivity contribution in [1.82, 2.24) is 4.31 Å². The summed E-state index contributed by atoms with van der Waals surface area (Å²) in [6.45, 7) is 1.99. The first kappa shape index (κ1) is 22.8. The summed E-state index contributed by atoms with van der Waals surface area (Å²) < 4.78 is 39.3. The zero-order valence-electron chi connectivity index (χ0n) is 18.7. The summed E-state index contributed by atoms with van der Waals surface area (Å²) in [6.07, 6.45) is 0.278. The second kappa shape index (κ2) is 9.25. The highest BCUT2D eigenvalue weighted by molar-refractivity contribution is 7.89. The van der Waals surface area contributed by atoms with Crippen LogP contribution in [0.25, 0.3) is 0 Å². The van der Waals surface area contributed by atoms with Gasteiger partial charge >= 0.3 is 0 Å². The van der Waals surface area contributed by atoms with Crippen LogP contribution < -0.4 is 14.8 Å². The number of sulfonamides is 1. The summed E-state index contributed by atoms with van der Waals surface area (Å²) in [5.74, 6) is 0.356. The fraction of sp³-hybridized carbons (Fsp3) is 0.240. The van der Waals surface area contributed by atoms with Gasteiger partial charge in [-0.3, -0.25) is 4.79 Å². The average molecular weight is 467 g/mol. The lowest BCUT2D eigenvalue weighted by Gasteiger charge is -2.35. The lowest BCUT2D eigenvalue weighted by atomic mass is 9.95. The molecule has 7 nitrogen and oxygen atoms in total. The van der Waals surface area contributed by atoms with E-state index >= 15 is 0 Å². The molecule has 0 aliphatic carbocycles. The Kier molecular flexibility index (Phi) is 6.40. The third-order valence-corrected chi connectivity index (χ3v) is 7.72. The van der Waals surface area contributed by atoms with E-state index in [2.05, 4.69) is 5.32 Å². The highest BCUT2D eigenvalue weighted by Crippen LogP contribution is 2.34. The summed E-state index contributed by atoms with van der Waals surface area (Å²) in [7, 11) is -1.09. The molecule has 1 heterocycles. The van der Waals surface area contributed by atoms with Crippen LogP contribution in [-0.4, -0.2) is 38.9 Å². The van der Waals surface area contributed by atoms with Gasteiger partial charge < -0.3 is 14.8 Å². The van der Waals surface area contributed by atoms with E-state index in [1.165, 1.54) is 30.7 Å². The van der Waals surface area contributed by atoms with E-state index in [-0.39, 0.29) is 23.8 Å². The largest absolute Gasteiger partial charge is 0.493 e. The van der Waals surface area contributed by atoms with Gasteiger partial charge in [0.15, 0.2) is 11.5 Å². The molecule has 0 fully saturated rings. The minimum Gasteiger partial charge on any atom is -0.493 e. The van der Waals surface area contributed by atoms with E-state index in [9.17, 15) is 13.2 Å². The standard InChI is InChI=1S/C25H26N2O5S/c1-17-8-4-7-11-21(17)26-25(28)22-14-18-9-5-6-10-19(18)16-27(22)33(29,30)20-12-13-23(31-2)24(15-20)32-3/h4-13,15,22H,14,16H2,1-3H3,(H,26,28). The van der Waals surface area contributed by atoms with Crippen molar-refractivity contribution in [2.75, 3.05) is 19.5 Å². The maximum absolute atomic E-state index is 13.7. The normalized spacial score (nSPS) is 16.0. The number of hydrogen-bond donors (Lipinski definition) is 1. The van der Waals surface area contributed by atoms with E-state index in [0.717, 1.165) is 16.7 Å². The molecule has 1 N–H and O–H groups in total. The Bertz CT molecular complexity index is 1290. The Morgan fingerprint density at radius 1 is 0.939 bits per heavy atom. The lowest BCUT2D eigenvalue weighted by molar-refractivity contribution is -0.120. The predicted molar refractivity (Wildman–Crippen MR) is 126 cm³/mol. The molecular weight excluding hydrogens is 440 g/mol. The van der Waals surface area contributed by atoms with Crippen LogP contribution in [0.5, 0.6) is 11.5 Å². The first-order chi connectivity index (χ1) is 15.8. The Balaban J connectivity index is 1.74. The zero-order valence-corrected chi connectivity index (χ0v) is 19.6. The summed E-state index contributed by atoms with van der Waals surface area (Å²) in [5.41, 5.74) is 3.39. The minimum absolute atomic E-state index is 0.0354. The number of benzene rings is 3. The maximum atomic E-state index is 13.7.